The maximum absolute atomic E-state index is 13.1. The second-order valence-electron chi connectivity index (χ2n) is 5.69. The third-order valence-corrected chi connectivity index (χ3v) is 3.90. The smallest absolute Gasteiger partial charge is 0.325 e. The summed E-state index contributed by atoms with van der Waals surface area (Å²) in [4.78, 5) is 13.4. The van der Waals surface area contributed by atoms with E-state index in [1.54, 1.807) is 11.9 Å². The Hall–Kier alpha value is -2.60. The predicted octanol–water partition coefficient (Wildman–Crippen LogP) is 2.85. The van der Waals surface area contributed by atoms with Crippen molar-refractivity contribution in [1.82, 2.24) is 4.90 Å². The lowest BCUT2D eigenvalue weighted by atomic mass is 10.0. The third kappa shape index (κ3) is 3.49. The largest absolute Gasteiger partial charge is 0.486 e. The van der Waals surface area contributed by atoms with E-state index in [1.165, 1.54) is 24.3 Å². The van der Waals surface area contributed by atoms with Crippen LogP contribution < -0.4 is 9.47 Å². The van der Waals surface area contributed by atoms with Crippen molar-refractivity contribution in [3.63, 3.8) is 0 Å². The van der Waals surface area contributed by atoms with Gasteiger partial charge in [0, 0.05) is 6.54 Å². The Labute approximate surface area is 139 Å². The van der Waals surface area contributed by atoms with Gasteiger partial charge in [-0.2, -0.15) is 0 Å². The van der Waals surface area contributed by atoms with E-state index in [-0.39, 0.29) is 0 Å². The fourth-order valence-electron chi connectivity index (χ4n) is 2.80. The van der Waals surface area contributed by atoms with Crippen molar-refractivity contribution in [3.8, 4) is 11.5 Å². The summed E-state index contributed by atoms with van der Waals surface area (Å²) in [6, 6.07) is 10.2. The molecule has 0 aliphatic carbocycles. The molecule has 1 N–H and O–H groups in total. The van der Waals surface area contributed by atoms with Crippen LogP contribution in [0.5, 0.6) is 11.5 Å². The fraction of sp³-hybridized carbons (Fsp3) is 0.278. The van der Waals surface area contributed by atoms with Crippen molar-refractivity contribution in [2.24, 2.45) is 0 Å². The number of likely N-dealkylation sites (N-methyl/N-ethyl adjacent to an activating group) is 1. The molecule has 0 amide bonds. The Bertz CT molecular complexity index is 732. The van der Waals surface area contributed by atoms with Crippen molar-refractivity contribution in [2.45, 2.75) is 12.6 Å². The number of benzene rings is 2. The molecule has 0 radical (unpaired) electrons. The maximum Gasteiger partial charge on any atom is 0.325 e. The normalized spacial score (nSPS) is 14.5. The number of carboxylic acids is 1. The molecule has 6 heteroatoms. The van der Waals surface area contributed by atoms with Crippen molar-refractivity contribution in [3.05, 3.63) is 59.4 Å². The van der Waals surface area contributed by atoms with Gasteiger partial charge in [0.15, 0.2) is 11.5 Å². The maximum atomic E-state index is 13.1. The molecule has 0 bridgehead atoms. The second-order valence-corrected chi connectivity index (χ2v) is 5.69. The molecule has 1 aliphatic heterocycles. The number of rotatable bonds is 5. The number of nitrogens with zero attached hydrogens (tertiary/aromatic N) is 1. The summed E-state index contributed by atoms with van der Waals surface area (Å²) in [5.41, 5.74) is 1.44. The molecule has 2 aromatic carbocycles. The minimum atomic E-state index is -0.985. The van der Waals surface area contributed by atoms with Crippen LogP contribution in [0.4, 0.5) is 4.39 Å². The van der Waals surface area contributed by atoms with Crippen LogP contribution in [0, 0.1) is 5.82 Å². The van der Waals surface area contributed by atoms with Crippen LogP contribution in [0.1, 0.15) is 17.2 Å². The van der Waals surface area contributed by atoms with Crippen molar-refractivity contribution in [2.75, 3.05) is 20.3 Å². The molecule has 1 atom stereocenters. The molecular weight excluding hydrogens is 313 g/mol. The van der Waals surface area contributed by atoms with E-state index in [9.17, 15) is 14.3 Å². The highest BCUT2D eigenvalue weighted by Crippen LogP contribution is 2.32. The van der Waals surface area contributed by atoms with Gasteiger partial charge in [-0.05, 0) is 42.4 Å². The van der Waals surface area contributed by atoms with Crippen LogP contribution in [-0.4, -0.2) is 36.2 Å². The van der Waals surface area contributed by atoms with Crippen LogP contribution in [0.3, 0.4) is 0 Å². The molecule has 2 aromatic rings. The van der Waals surface area contributed by atoms with Gasteiger partial charge < -0.3 is 14.6 Å². The van der Waals surface area contributed by atoms with E-state index in [1.807, 2.05) is 18.2 Å². The summed E-state index contributed by atoms with van der Waals surface area (Å²) in [6.45, 7) is 1.43. The number of hydrogen-bond acceptors (Lipinski definition) is 4. The van der Waals surface area contributed by atoms with Crippen molar-refractivity contribution >= 4 is 5.97 Å². The first-order chi connectivity index (χ1) is 11.5. The van der Waals surface area contributed by atoms with Crippen LogP contribution >= 0.6 is 0 Å². The predicted molar refractivity (Wildman–Crippen MR) is 85.7 cm³/mol. The number of carboxylic acid groups (broad SMARTS) is 1. The quantitative estimate of drug-likeness (QED) is 0.913. The van der Waals surface area contributed by atoms with Gasteiger partial charge >= 0.3 is 5.97 Å². The fourth-order valence-corrected chi connectivity index (χ4v) is 2.80. The van der Waals surface area contributed by atoms with Crippen molar-refractivity contribution < 1.29 is 23.8 Å². The second kappa shape index (κ2) is 6.88. The molecule has 24 heavy (non-hydrogen) atoms. The average Bonchev–Trinajstić information content (AvgIpc) is 2.56. The lowest BCUT2D eigenvalue weighted by Crippen LogP contribution is -2.30. The van der Waals surface area contributed by atoms with Crippen LogP contribution in [0.15, 0.2) is 42.5 Å². The van der Waals surface area contributed by atoms with Gasteiger partial charge in [-0.1, -0.05) is 18.2 Å². The molecule has 0 fully saturated rings. The number of halogens is 1. The molecule has 0 spiro atoms. The average molecular weight is 331 g/mol. The van der Waals surface area contributed by atoms with Gasteiger partial charge in [-0.25, -0.2) is 4.39 Å². The first-order valence-corrected chi connectivity index (χ1v) is 7.61. The molecule has 5 nitrogen and oxygen atoms in total. The number of ether oxygens (including phenoxy) is 2. The molecule has 1 unspecified atom stereocenters. The summed E-state index contributed by atoms with van der Waals surface area (Å²) in [7, 11) is 1.72. The Balaban J connectivity index is 1.79. The first-order valence-electron chi connectivity index (χ1n) is 7.61. The summed E-state index contributed by atoms with van der Waals surface area (Å²) in [5.74, 6) is -0.0131. The van der Waals surface area contributed by atoms with Crippen LogP contribution in [0.25, 0.3) is 0 Å². The van der Waals surface area contributed by atoms with Gasteiger partial charge in [0.1, 0.15) is 25.1 Å². The lowest BCUT2D eigenvalue weighted by Gasteiger charge is -2.26. The van der Waals surface area contributed by atoms with Gasteiger partial charge in [-0.15, -0.1) is 0 Å². The number of aliphatic carboxylic acids is 1. The molecule has 0 saturated carbocycles. The highest BCUT2D eigenvalue weighted by atomic mass is 19.1. The zero-order chi connectivity index (χ0) is 17.1. The summed E-state index contributed by atoms with van der Waals surface area (Å²) in [5, 5.41) is 9.56. The van der Waals surface area contributed by atoms with E-state index in [0.29, 0.717) is 36.8 Å². The highest BCUT2D eigenvalue weighted by molar-refractivity contribution is 5.75. The molecule has 3 rings (SSSR count). The third-order valence-electron chi connectivity index (χ3n) is 3.90. The van der Waals surface area contributed by atoms with Gasteiger partial charge in [0.2, 0.25) is 0 Å². The Morgan fingerprint density at radius 3 is 2.50 bits per heavy atom. The molecule has 0 aromatic heterocycles. The summed E-state index contributed by atoms with van der Waals surface area (Å²) >= 11 is 0. The minimum absolute atomic E-state index is 0.391. The highest BCUT2D eigenvalue weighted by Gasteiger charge is 2.25. The van der Waals surface area contributed by atoms with Gasteiger partial charge in [0.25, 0.3) is 0 Å². The Kier molecular flexibility index (Phi) is 4.66. The zero-order valence-corrected chi connectivity index (χ0v) is 13.2. The van der Waals surface area contributed by atoms with E-state index >= 15 is 0 Å². The number of hydrogen-bond donors (Lipinski definition) is 1. The van der Waals surface area contributed by atoms with E-state index in [4.69, 9.17) is 9.47 Å². The number of carbonyl (C=O) groups is 1. The summed E-state index contributed by atoms with van der Waals surface area (Å²) < 4.78 is 24.1. The van der Waals surface area contributed by atoms with E-state index in [0.717, 1.165) is 5.56 Å². The van der Waals surface area contributed by atoms with E-state index < -0.39 is 17.8 Å². The monoisotopic (exact) mass is 331 g/mol. The molecule has 126 valence electrons. The Morgan fingerprint density at radius 2 is 1.83 bits per heavy atom. The zero-order valence-electron chi connectivity index (χ0n) is 13.2. The molecule has 1 aliphatic rings. The van der Waals surface area contributed by atoms with Gasteiger partial charge in [-0.3, -0.25) is 9.69 Å². The van der Waals surface area contributed by atoms with Crippen molar-refractivity contribution in [1.29, 1.82) is 0 Å². The van der Waals surface area contributed by atoms with Crippen LogP contribution in [0.2, 0.25) is 0 Å². The lowest BCUT2D eigenvalue weighted by molar-refractivity contribution is -0.143. The molecule has 0 saturated heterocycles. The topological polar surface area (TPSA) is 59.0 Å². The van der Waals surface area contributed by atoms with E-state index in [2.05, 4.69) is 0 Å². The Morgan fingerprint density at radius 1 is 1.17 bits per heavy atom. The minimum Gasteiger partial charge on any atom is -0.486 e. The molecule has 1 heterocycles. The SMILES string of the molecule is CN(Cc1ccc2c(c1)OCCO2)C(C(=O)O)c1ccc(F)cc1. The van der Waals surface area contributed by atoms with Crippen LogP contribution in [-0.2, 0) is 11.3 Å². The standard InChI is InChI=1S/C18H18FNO4/c1-20(17(18(21)22)13-3-5-14(19)6-4-13)11-12-2-7-15-16(10-12)24-9-8-23-15/h2-7,10,17H,8-9,11H2,1H3,(H,21,22). The summed E-state index contributed by atoms with van der Waals surface area (Å²) in [6.07, 6.45) is 0. The first kappa shape index (κ1) is 16.3. The number of fused-ring (bicyclic) bond motifs is 1. The van der Waals surface area contributed by atoms with Gasteiger partial charge in [0.05, 0.1) is 0 Å². The molecular formula is C18H18FNO4.